The van der Waals surface area contributed by atoms with Gasteiger partial charge >= 0.3 is 0 Å². The summed E-state index contributed by atoms with van der Waals surface area (Å²) in [5.41, 5.74) is 4.27. The first kappa shape index (κ1) is 11.7. The highest BCUT2D eigenvalue weighted by Gasteiger charge is 2.12. The fraction of sp³-hybridized carbons (Fsp3) is 0.636. The molecule has 0 bridgehead atoms. The summed E-state index contributed by atoms with van der Waals surface area (Å²) >= 11 is 1.80. The maximum absolute atomic E-state index is 5.57. The van der Waals surface area contributed by atoms with Crippen molar-refractivity contribution in [2.75, 3.05) is 0 Å². The Morgan fingerprint density at radius 1 is 1.50 bits per heavy atom. The molecule has 0 amide bonds. The Hall–Kier alpha value is -0.380. The molecule has 3 heteroatoms. The summed E-state index contributed by atoms with van der Waals surface area (Å²) in [5.74, 6) is 5.57. The van der Waals surface area contributed by atoms with Gasteiger partial charge in [-0.1, -0.05) is 26.2 Å². The second-order valence-electron chi connectivity index (χ2n) is 3.68. The third-order valence-electron chi connectivity index (χ3n) is 2.52. The van der Waals surface area contributed by atoms with Crippen molar-refractivity contribution < 1.29 is 0 Å². The van der Waals surface area contributed by atoms with Crippen LogP contribution < -0.4 is 11.3 Å². The highest BCUT2D eigenvalue weighted by atomic mass is 32.1. The number of aryl methyl sites for hydroxylation is 1. The minimum absolute atomic E-state index is 0.349. The Morgan fingerprint density at radius 2 is 2.29 bits per heavy atom. The average molecular weight is 212 g/mol. The predicted octanol–water partition coefficient (Wildman–Crippen LogP) is 3.14. The zero-order valence-electron chi connectivity index (χ0n) is 9.05. The number of nitrogens with two attached hydrogens (primary N) is 1. The fourth-order valence-corrected chi connectivity index (χ4v) is 2.65. The molecule has 14 heavy (non-hydrogen) atoms. The molecular formula is C11H20N2S. The minimum Gasteiger partial charge on any atom is -0.271 e. The van der Waals surface area contributed by atoms with Crippen LogP contribution in [0.3, 0.4) is 0 Å². The van der Waals surface area contributed by atoms with Crippen molar-refractivity contribution in [3.8, 4) is 0 Å². The molecule has 1 atom stereocenters. The molecule has 0 radical (unpaired) electrons. The van der Waals surface area contributed by atoms with E-state index in [9.17, 15) is 0 Å². The molecule has 1 aromatic heterocycles. The third kappa shape index (κ3) is 3.08. The Morgan fingerprint density at radius 3 is 2.79 bits per heavy atom. The minimum atomic E-state index is 0.349. The van der Waals surface area contributed by atoms with Gasteiger partial charge in [-0.05, 0) is 30.4 Å². The molecule has 0 aliphatic heterocycles. The number of hydrazine groups is 1. The van der Waals surface area contributed by atoms with Crippen LogP contribution in [0.5, 0.6) is 0 Å². The van der Waals surface area contributed by atoms with Gasteiger partial charge in [0.25, 0.3) is 0 Å². The Labute approximate surface area is 90.5 Å². The van der Waals surface area contributed by atoms with Crippen molar-refractivity contribution in [3.63, 3.8) is 0 Å². The van der Waals surface area contributed by atoms with Crippen LogP contribution in [0.1, 0.15) is 49.1 Å². The van der Waals surface area contributed by atoms with E-state index in [-0.39, 0.29) is 0 Å². The van der Waals surface area contributed by atoms with Crippen molar-refractivity contribution in [2.24, 2.45) is 5.84 Å². The number of nitrogens with one attached hydrogen (secondary N) is 1. The molecule has 1 rings (SSSR count). The van der Waals surface area contributed by atoms with Gasteiger partial charge in [0, 0.05) is 4.88 Å². The molecule has 0 saturated carbocycles. The Balaban J connectivity index is 2.50. The first-order valence-corrected chi connectivity index (χ1v) is 6.17. The summed E-state index contributed by atoms with van der Waals surface area (Å²) < 4.78 is 0. The smallest absolute Gasteiger partial charge is 0.0555 e. The molecule has 0 spiro atoms. The van der Waals surface area contributed by atoms with E-state index in [2.05, 4.69) is 30.7 Å². The molecule has 0 fully saturated rings. The van der Waals surface area contributed by atoms with E-state index in [4.69, 9.17) is 5.84 Å². The van der Waals surface area contributed by atoms with Crippen molar-refractivity contribution in [1.82, 2.24) is 5.43 Å². The topological polar surface area (TPSA) is 38.0 Å². The van der Waals surface area contributed by atoms with Gasteiger partial charge in [-0.3, -0.25) is 11.3 Å². The Bertz CT molecular complexity index is 258. The van der Waals surface area contributed by atoms with Gasteiger partial charge in [-0.25, -0.2) is 0 Å². The van der Waals surface area contributed by atoms with E-state index in [0.29, 0.717) is 6.04 Å². The van der Waals surface area contributed by atoms with E-state index < -0.39 is 0 Å². The lowest BCUT2D eigenvalue weighted by Crippen LogP contribution is -2.27. The highest BCUT2D eigenvalue weighted by molar-refractivity contribution is 7.10. The fourth-order valence-electron chi connectivity index (χ4n) is 1.63. The maximum atomic E-state index is 5.57. The van der Waals surface area contributed by atoms with E-state index in [1.165, 1.54) is 29.7 Å². The molecule has 0 aliphatic carbocycles. The lowest BCUT2D eigenvalue weighted by molar-refractivity contribution is 0.492. The van der Waals surface area contributed by atoms with Crippen molar-refractivity contribution >= 4 is 11.3 Å². The highest BCUT2D eigenvalue weighted by Crippen LogP contribution is 2.27. The van der Waals surface area contributed by atoms with E-state index in [1.807, 2.05) is 0 Å². The summed E-state index contributed by atoms with van der Waals surface area (Å²) in [6.07, 6.45) is 4.96. The second kappa shape index (κ2) is 6.17. The summed E-state index contributed by atoms with van der Waals surface area (Å²) in [6.45, 7) is 4.37. The quantitative estimate of drug-likeness (QED) is 0.432. The molecule has 1 aromatic rings. The van der Waals surface area contributed by atoms with Crippen molar-refractivity contribution in [3.05, 3.63) is 21.9 Å². The standard InChI is InChI=1S/C11H20N2S/c1-3-4-5-6-10(13-12)11-9(2)7-8-14-11/h7-8,10,13H,3-6,12H2,1-2H3. The van der Waals surface area contributed by atoms with Crippen LogP contribution in [0.25, 0.3) is 0 Å². The van der Waals surface area contributed by atoms with E-state index >= 15 is 0 Å². The largest absolute Gasteiger partial charge is 0.271 e. The first-order chi connectivity index (χ1) is 6.79. The SMILES string of the molecule is CCCCCC(NN)c1sccc1C. The second-order valence-corrected chi connectivity index (χ2v) is 4.63. The van der Waals surface area contributed by atoms with Gasteiger partial charge in [0.15, 0.2) is 0 Å². The lowest BCUT2D eigenvalue weighted by Gasteiger charge is -2.15. The average Bonchev–Trinajstić information content (AvgIpc) is 2.60. The molecule has 2 nitrogen and oxygen atoms in total. The number of thiophene rings is 1. The monoisotopic (exact) mass is 212 g/mol. The summed E-state index contributed by atoms with van der Waals surface area (Å²) in [4.78, 5) is 1.39. The molecule has 80 valence electrons. The van der Waals surface area contributed by atoms with Crippen LogP contribution in [-0.4, -0.2) is 0 Å². The van der Waals surface area contributed by atoms with Gasteiger partial charge in [0.1, 0.15) is 0 Å². The summed E-state index contributed by atoms with van der Waals surface area (Å²) in [6, 6.07) is 2.51. The van der Waals surface area contributed by atoms with Crippen molar-refractivity contribution in [1.29, 1.82) is 0 Å². The molecule has 0 aromatic carbocycles. The molecule has 3 N–H and O–H groups in total. The van der Waals surface area contributed by atoms with Crippen LogP contribution in [0.4, 0.5) is 0 Å². The van der Waals surface area contributed by atoms with Gasteiger partial charge in [-0.2, -0.15) is 0 Å². The summed E-state index contributed by atoms with van der Waals surface area (Å²) in [5, 5.41) is 2.13. The number of unbranched alkanes of at least 4 members (excludes halogenated alkanes) is 2. The molecule has 0 aliphatic rings. The third-order valence-corrected chi connectivity index (χ3v) is 3.65. The van der Waals surface area contributed by atoms with E-state index in [1.54, 1.807) is 11.3 Å². The molecule has 1 unspecified atom stereocenters. The zero-order valence-corrected chi connectivity index (χ0v) is 9.86. The Kier molecular flexibility index (Phi) is 5.15. The number of rotatable bonds is 6. The van der Waals surface area contributed by atoms with Gasteiger partial charge < -0.3 is 0 Å². The maximum Gasteiger partial charge on any atom is 0.0555 e. The predicted molar refractivity (Wildman–Crippen MR) is 63.3 cm³/mol. The van der Waals surface area contributed by atoms with Gasteiger partial charge in [-0.15, -0.1) is 11.3 Å². The van der Waals surface area contributed by atoms with Crippen LogP contribution in [0.2, 0.25) is 0 Å². The van der Waals surface area contributed by atoms with Crippen molar-refractivity contribution in [2.45, 2.75) is 45.6 Å². The first-order valence-electron chi connectivity index (χ1n) is 5.29. The van der Waals surface area contributed by atoms with Crippen LogP contribution in [-0.2, 0) is 0 Å². The van der Waals surface area contributed by atoms with Crippen LogP contribution in [0.15, 0.2) is 11.4 Å². The van der Waals surface area contributed by atoms with E-state index in [0.717, 1.165) is 6.42 Å². The van der Waals surface area contributed by atoms with Crippen LogP contribution >= 0.6 is 11.3 Å². The van der Waals surface area contributed by atoms with Gasteiger partial charge in [0.05, 0.1) is 6.04 Å². The number of hydrogen-bond acceptors (Lipinski definition) is 3. The van der Waals surface area contributed by atoms with Crippen LogP contribution in [0, 0.1) is 6.92 Å². The number of hydrogen-bond donors (Lipinski definition) is 2. The van der Waals surface area contributed by atoms with Gasteiger partial charge in [0.2, 0.25) is 0 Å². The molecule has 1 heterocycles. The normalized spacial score (nSPS) is 13.1. The molecule has 0 saturated heterocycles. The zero-order chi connectivity index (χ0) is 10.4. The molecular weight excluding hydrogens is 192 g/mol. The summed E-state index contributed by atoms with van der Waals surface area (Å²) in [7, 11) is 0. The lowest BCUT2D eigenvalue weighted by atomic mass is 10.1.